The molecule has 2 unspecified atom stereocenters. The predicted octanol–water partition coefficient (Wildman–Crippen LogP) is 4.78. The topological polar surface area (TPSA) is 96.0 Å². The highest BCUT2D eigenvalue weighted by Crippen LogP contribution is 2.23. The molecule has 0 aromatic heterocycles. The third kappa shape index (κ3) is 8.82. The maximum absolute atomic E-state index is 14.1. The van der Waals surface area contributed by atoms with E-state index in [1.165, 1.54) is 12.0 Å². The van der Waals surface area contributed by atoms with E-state index in [2.05, 4.69) is 21.2 Å². The van der Waals surface area contributed by atoms with Gasteiger partial charge in [-0.05, 0) is 60.9 Å². The number of carbonyl (C=O) groups is 2. The van der Waals surface area contributed by atoms with Gasteiger partial charge in [0.05, 0.1) is 19.1 Å². The lowest BCUT2D eigenvalue weighted by Crippen LogP contribution is -2.54. The first-order valence-electron chi connectivity index (χ1n) is 13.0. The molecule has 0 saturated heterocycles. The highest BCUT2D eigenvalue weighted by atomic mass is 79.9. The number of sulfonamides is 1. The van der Waals surface area contributed by atoms with Crippen molar-refractivity contribution in [3.63, 3.8) is 0 Å². The summed E-state index contributed by atoms with van der Waals surface area (Å²) in [6.07, 6.45) is 2.05. The summed E-state index contributed by atoms with van der Waals surface area (Å²) in [4.78, 5) is 29.2. The maximum atomic E-state index is 14.1. The minimum Gasteiger partial charge on any atom is -0.497 e. The van der Waals surface area contributed by atoms with Gasteiger partial charge in [-0.15, -0.1) is 0 Å². The average molecular weight is 631 g/mol. The van der Waals surface area contributed by atoms with Crippen molar-refractivity contribution >= 4 is 43.5 Å². The van der Waals surface area contributed by atoms with E-state index in [-0.39, 0.29) is 24.9 Å². The summed E-state index contributed by atoms with van der Waals surface area (Å²) in [6, 6.07) is 22.4. The smallest absolute Gasteiger partial charge is 0.244 e. The van der Waals surface area contributed by atoms with Crippen LogP contribution in [-0.2, 0) is 32.6 Å². The summed E-state index contributed by atoms with van der Waals surface area (Å²) in [6.45, 7) is 3.53. The maximum Gasteiger partial charge on any atom is 0.244 e. The van der Waals surface area contributed by atoms with Crippen LogP contribution in [0.5, 0.6) is 5.75 Å². The van der Waals surface area contributed by atoms with Crippen LogP contribution in [0.3, 0.4) is 0 Å². The van der Waals surface area contributed by atoms with E-state index in [0.717, 1.165) is 32.6 Å². The number of nitrogens with zero attached hydrogens (tertiary/aromatic N) is 2. The Hall–Kier alpha value is -3.37. The largest absolute Gasteiger partial charge is 0.497 e. The van der Waals surface area contributed by atoms with Gasteiger partial charge in [0.1, 0.15) is 18.3 Å². The highest BCUT2D eigenvalue weighted by Gasteiger charge is 2.33. The summed E-state index contributed by atoms with van der Waals surface area (Å²) in [5.74, 6) is -0.234. The zero-order valence-corrected chi connectivity index (χ0v) is 25.6. The summed E-state index contributed by atoms with van der Waals surface area (Å²) < 4.78 is 32.8. The van der Waals surface area contributed by atoms with Crippen LogP contribution in [0.2, 0.25) is 0 Å². The highest BCUT2D eigenvalue weighted by molar-refractivity contribution is 9.10. The van der Waals surface area contributed by atoms with Crippen molar-refractivity contribution in [1.82, 2.24) is 10.2 Å². The molecule has 214 valence electrons. The van der Waals surface area contributed by atoms with Crippen LogP contribution in [0.4, 0.5) is 5.69 Å². The Labute approximate surface area is 245 Å². The lowest BCUT2D eigenvalue weighted by molar-refractivity contribution is -0.140. The molecule has 0 aliphatic heterocycles. The third-order valence-corrected chi connectivity index (χ3v) is 8.19. The van der Waals surface area contributed by atoms with E-state index >= 15 is 0 Å². The normalized spacial score (nSPS) is 12.7. The standard InChI is InChI=1S/C30H36BrN3O5S/c1-5-22(2)32-30(36)28(19-23-10-7-6-8-11-23)33(20-24-12-9-13-25(31)18-24)29(35)21-34(40(4,37)38)26-14-16-27(39-3)17-15-26/h6-18,22,28H,5,19-21H2,1-4H3,(H,32,36). The van der Waals surface area contributed by atoms with Crippen LogP contribution < -0.4 is 14.4 Å². The first-order chi connectivity index (χ1) is 19.0. The molecule has 2 atom stereocenters. The molecule has 0 fully saturated rings. The molecule has 0 bridgehead atoms. The molecule has 10 heteroatoms. The molecule has 3 rings (SSSR count). The van der Waals surface area contributed by atoms with Crippen molar-refractivity contribution in [1.29, 1.82) is 0 Å². The molecule has 0 aliphatic carbocycles. The Kier molecular flexibility index (Phi) is 11.2. The van der Waals surface area contributed by atoms with Crippen molar-refractivity contribution in [2.75, 3.05) is 24.2 Å². The summed E-state index contributed by atoms with van der Waals surface area (Å²) in [5.41, 5.74) is 2.00. The summed E-state index contributed by atoms with van der Waals surface area (Å²) in [5, 5.41) is 3.02. The van der Waals surface area contributed by atoms with Crippen LogP contribution in [0.25, 0.3) is 0 Å². The lowest BCUT2D eigenvalue weighted by Gasteiger charge is -2.34. The van der Waals surface area contributed by atoms with Gasteiger partial charge in [-0.2, -0.15) is 0 Å². The zero-order chi connectivity index (χ0) is 29.3. The minimum absolute atomic E-state index is 0.0968. The molecule has 2 amide bonds. The Morgan fingerprint density at radius 3 is 2.20 bits per heavy atom. The van der Waals surface area contributed by atoms with Crippen molar-refractivity contribution in [3.05, 3.63) is 94.5 Å². The van der Waals surface area contributed by atoms with Gasteiger partial charge in [0.25, 0.3) is 0 Å². The van der Waals surface area contributed by atoms with Crippen molar-refractivity contribution in [2.24, 2.45) is 0 Å². The van der Waals surface area contributed by atoms with E-state index < -0.39 is 28.5 Å². The predicted molar refractivity (Wildman–Crippen MR) is 162 cm³/mol. The molecule has 1 N–H and O–H groups in total. The number of carbonyl (C=O) groups excluding carboxylic acids is 2. The van der Waals surface area contributed by atoms with Crippen LogP contribution in [0.15, 0.2) is 83.3 Å². The number of nitrogens with one attached hydrogen (secondary N) is 1. The Bertz CT molecular complexity index is 1380. The molecule has 0 heterocycles. The fourth-order valence-corrected chi connectivity index (χ4v) is 5.49. The SMILES string of the molecule is CCC(C)NC(=O)C(Cc1ccccc1)N(Cc1cccc(Br)c1)C(=O)CN(c1ccc(OC)cc1)S(C)(=O)=O. The van der Waals surface area contributed by atoms with Gasteiger partial charge in [-0.25, -0.2) is 8.42 Å². The second-order valence-electron chi connectivity index (χ2n) is 9.64. The van der Waals surface area contributed by atoms with Crippen LogP contribution in [0.1, 0.15) is 31.4 Å². The van der Waals surface area contributed by atoms with Gasteiger partial charge in [-0.3, -0.25) is 13.9 Å². The van der Waals surface area contributed by atoms with Gasteiger partial charge in [-0.1, -0.05) is 65.3 Å². The molecule has 0 aliphatic rings. The number of rotatable bonds is 13. The fourth-order valence-electron chi connectivity index (χ4n) is 4.19. The quantitative estimate of drug-likeness (QED) is 0.294. The molecule has 3 aromatic rings. The second kappa shape index (κ2) is 14.3. The minimum atomic E-state index is -3.84. The summed E-state index contributed by atoms with van der Waals surface area (Å²) in [7, 11) is -2.32. The zero-order valence-electron chi connectivity index (χ0n) is 23.2. The number of hydrogen-bond donors (Lipinski definition) is 1. The van der Waals surface area contributed by atoms with Crippen molar-refractivity contribution in [3.8, 4) is 5.75 Å². The number of anilines is 1. The number of amides is 2. The van der Waals surface area contributed by atoms with E-state index in [4.69, 9.17) is 4.74 Å². The van der Waals surface area contributed by atoms with E-state index in [9.17, 15) is 18.0 Å². The lowest BCUT2D eigenvalue weighted by atomic mass is 10.0. The molecule has 40 heavy (non-hydrogen) atoms. The molecule has 3 aromatic carbocycles. The molecule has 8 nitrogen and oxygen atoms in total. The van der Waals surface area contributed by atoms with E-state index in [0.29, 0.717) is 11.4 Å². The van der Waals surface area contributed by atoms with Gasteiger partial charge >= 0.3 is 0 Å². The fraction of sp³-hybridized carbons (Fsp3) is 0.333. The molecule has 0 saturated carbocycles. The monoisotopic (exact) mass is 629 g/mol. The average Bonchev–Trinajstić information content (AvgIpc) is 2.93. The first kappa shape index (κ1) is 31.2. The van der Waals surface area contributed by atoms with Gasteiger partial charge in [0.2, 0.25) is 21.8 Å². The number of hydrogen-bond acceptors (Lipinski definition) is 5. The molecule has 0 radical (unpaired) electrons. The van der Waals surface area contributed by atoms with Gasteiger partial charge < -0.3 is 15.0 Å². The van der Waals surface area contributed by atoms with E-state index in [1.54, 1.807) is 24.3 Å². The van der Waals surface area contributed by atoms with Crippen LogP contribution in [0, 0.1) is 0 Å². The molecular weight excluding hydrogens is 594 g/mol. The van der Waals surface area contributed by atoms with Crippen LogP contribution in [-0.4, -0.2) is 57.1 Å². The number of ether oxygens (including phenoxy) is 1. The summed E-state index contributed by atoms with van der Waals surface area (Å²) >= 11 is 3.48. The van der Waals surface area contributed by atoms with Gasteiger partial charge in [0, 0.05) is 23.5 Å². The Morgan fingerprint density at radius 1 is 0.975 bits per heavy atom. The van der Waals surface area contributed by atoms with Gasteiger partial charge in [0.15, 0.2) is 0 Å². The number of methoxy groups -OCH3 is 1. The van der Waals surface area contributed by atoms with Crippen LogP contribution >= 0.6 is 15.9 Å². The number of benzene rings is 3. The van der Waals surface area contributed by atoms with Crippen molar-refractivity contribution in [2.45, 2.75) is 45.3 Å². The third-order valence-electron chi connectivity index (χ3n) is 6.55. The molecule has 0 spiro atoms. The second-order valence-corrected chi connectivity index (χ2v) is 12.5. The van der Waals surface area contributed by atoms with E-state index in [1.807, 2.05) is 68.4 Å². The Morgan fingerprint density at radius 2 is 1.62 bits per heavy atom. The number of halogens is 1. The molecular formula is C30H36BrN3O5S. The Balaban J connectivity index is 2.05. The first-order valence-corrected chi connectivity index (χ1v) is 15.7. The van der Waals surface area contributed by atoms with Crippen molar-refractivity contribution < 1.29 is 22.7 Å².